The second-order valence-corrected chi connectivity index (χ2v) is 4.14. The van der Waals surface area contributed by atoms with Crippen LogP contribution in [0.4, 0.5) is 0 Å². The molecular weight excluding hydrogens is 264 g/mol. The van der Waals surface area contributed by atoms with E-state index in [9.17, 15) is 4.79 Å². The van der Waals surface area contributed by atoms with Crippen molar-refractivity contribution in [3.63, 3.8) is 0 Å². The van der Waals surface area contributed by atoms with Crippen LogP contribution in [0.2, 0.25) is 0 Å². The zero-order valence-electron chi connectivity index (χ0n) is 11.6. The number of ether oxygens (including phenoxy) is 1. The normalized spacial score (nSPS) is 9.79. The van der Waals surface area contributed by atoms with E-state index < -0.39 is 0 Å². The Kier molecular flexibility index (Phi) is 10.2. The minimum Gasteiger partial charge on any atom is -0.380 e. The first-order valence-electron chi connectivity index (χ1n) is 6.34. The summed E-state index contributed by atoms with van der Waals surface area (Å²) in [6.07, 6.45) is 1.11. The molecule has 0 saturated carbocycles. The minimum absolute atomic E-state index is 0. The summed E-state index contributed by atoms with van der Waals surface area (Å²) < 4.78 is 5.02. The Hall–Kier alpha value is -1.10. The largest absolute Gasteiger partial charge is 0.380 e. The number of halogens is 1. The van der Waals surface area contributed by atoms with E-state index in [0.717, 1.165) is 25.1 Å². The molecule has 0 heterocycles. The summed E-state index contributed by atoms with van der Waals surface area (Å²) in [6.45, 7) is 5.14. The van der Waals surface area contributed by atoms with Gasteiger partial charge in [-0.2, -0.15) is 0 Å². The summed E-state index contributed by atoms with van der Waals surface area (Å²) in [4.78, 5) is 11.8. The molecule has 4 nitrogen and oxygen atoms in total. The molecule has 108 valence electrons. The van der Waals surface area contributed by atoms with Gasteiger partial charge in [0.1, 0.15) is 0 Å². The lowest BCUT2D eigenvalue weighted by Crippen LogP contribution is -2.32. The molecule has 0 aliphatic carbocycles. The van der Waals surface area contributed by atoms with E-state index in [1.807, 2.05) is 24.3 Å². The first kappa shape index (κ1) is 17.9. The molecule has 1 rings (SSSR count). The van der Waals surface area contributed by atoms with E-state index in [1.54, 1.807) is 7.11 Å². The van der Waals surface area contributed by atoms with Crippen molar-refractivity contribution in [2.45, 2.75) is 20.0 Å². The van der Waals surface area contributed by atoms with Crippen LogP contribution in [0.1, 0.15) is 29.3 Å². The first-order chi connectivity index (χ1) is 8.77. The van der Waals surface area contributed by atoms with Crippen molar-refractivity contribution >= 4 is 18.3 Å². The number of methoxy groups -OCH3 is 1. The van der Waals surface area contributed by atoms with E-state index >= 15 is 0 Å². The molecule has 0 spiro atoms. The second kappa shape index (κ2) is 10.8. The van der Waals surface area contributed by atoms with Crippen LogP contribution >= 0.6 is 12.4 Å². The van der Waals surface area contributed by atoms with Crippen LogP contribution < -0.4 is 10.6 Å². The Morgan fingerprint density at radius 3 is 2.42 bits per heavy atom. The number of benzene rings is 1. The molecule has 0 aromatic heterocycles. The molecule has 1 aromatic carbocycles. The van der Waals surface area contributed by atoms with Gasteiger partial charge in [-0.05, 0) is 30.7 Å². The summed E-state index contributed by atoms with van der Waals surface area (Å²) in [5, 5.41) is 6.11. The van der Waals surface area contributed by atoms with Crippen LogP contribution in [-0.2, 0) is 11.3 Å². The Morgan fingerprint density at radius 2 is 1.84 bits per heavy atom. The van der Waals surface area contributed by atoms with Crippen LogP contribution in [0.3, 0.4) is 0 Å². The number of amides is 1. The Morgan fingerprint density at radius 1 is 1.16 bits per heavy atom. The summed E-state index contributed by atoms with van der Waals surface area (Å²) >= 11 is 0. The zero-order valence-corrected chi connectivity index (χ0v) is 12.4. The first-order valence-corrected chi connectivity index (χ1v) is 6.34. The van der Waals surface area contributed by atoms with E-state index in [4.69, 9.17) is 4.74 Å². The molecular formula is C14H23ClN2O2. The van der Waals surface area contributed by atoms with Gasteiger partial charge in [-0.25, -0.2) is 0 Å². The molecule has 0 radical (unpaired) electrons. The van der Waals surface area contributed by atoms with Crippen molar-refractivity contribution in [3.8, 4) is 0 Å². The fourth-order valence-corrected chi connectivity index (χ4v) is 1.59. The minimum atomic E-state index is -0.0303. The molecule has 0 aliphatic rings. The Labute approximate surface area is 121 Å². The molecule has 0 saturated heterocycles. The lowest BCUT2D eigenvalue weighted by atomic mass is 10.1. The van der Waals surface area contributed by atoms with E-state index in [1.165, 1.54) is 0 Å². The van der Waals surface area contributed by atoms with E-state index in [-0.39, 0.29) is 18.3 Å². The standard InChI is InChI=1S/C14H22N2O2.ClH/c1-3-8-15-9-10-16-14(17)13-6-4-12(5-7-13)11-18-2;/h4-7,15H,3,8-11H2,1-2H3,(H,16,17);1H. The van der Waals surface area contributed by atoms with Crippen LogP contribution in [0.15, 0.2) is 24.3 Å². The third-order valence-electron chi connectivity index (χ3n) is 2.54. The average molecular weight is 287 g/mol. The van der Waals surface area contributed by atoms with Crippen LogP contribution in [0, 0.1) is 0 Å². The fraction of sp³-hybridized carbons (Fsp3) is 0.500. The highest BCUT2D eigenvalue weighted by molar-refractivity contribution is 5.94. The third kappa shape index (κ3) is 7.15. The predicted octanol–water partition coefficient (Wildman–Crippen LogP) is 1.98. The maximum atomic E-state index is 11.8. The van der Waals surface area contributed by atoms with Crippen molar-refractivity contribution in [1.82, 2.24) is 10.6 Å². The number of carbonyl (C=O) groups is 1. The van der Waals surface area contributed by atoms with Gasteiger partial charge >= 0.3 is 0 Å². The van der Waals surface area contributed by atoms with Gasteiger partial charge in [0.25, 0.3) is 5.91 Å². The van der Waals surface area contributed by atoms with Gasteiger partial charge in [0, 0.05) is 25.8 Å². The quantitative estimate of drug-likeness (QED) is 0.719. The molecule has 0 aliphatic heterocycles. The molecule has 0 fully saturated rings. The monoisotopic (exact) mass is 286 g/mol. The summed E-state index contributed by atoms with van der Waals surface area (Å²) in [5.74, 6) is -0.0303. The van der Waals surface area contributed by atoms with Gasteiger partial charge in [0.15, 0.2) is 0 Å². The third-order valence-corrected chi connectivity index (χ3v) is 2.54. The average Bonchev–Trinajstić information content (AvgIpc) is 2.39. The molecule has 0 unspecified atom stereocenters. The predicted molar refractivity (Wildman–Crippen MR) is 79.9 cm³/mol. The fourth-order valence-electron chi connectivity index (χ4n) is 1.59. The highest BCUT2D eigenvalue weighted by atomic mass is 35.5. The number of carbonyl (C=O) groups excluding carboxylic acids is 1. The maximum absolute atomic E-state index is 11.8. The molecule has 1 aromatic rings. The summed E-state index contributed by atoms with van der Waals surface area (Å²) in [5.41, 5.74) is 1.75. The molecule has 19 heavy (non-hydrogen) atoms. The van der Waals surface area contributed by atoms with Crippen molar-refractivity contribution in [1.29, 1.82) is 0 Å². The summed E-state index contributed by atoms with van der Waals surface area (Å²) in [6, 6.07) is 7.47. The van der Waals surface area contributed by atoms with Crippen molar-refractivity contribution in [2.75, 3.05) is 26.7 Å². The van der Waals surface area contributed by atoms with Gasteiger partial charge in [-0.1, -0.05) is 19.1 Å². The Balaban J connectivity index is 0.00000324. The van der Waals surface area contributed by atoms with Crippen molar-refractivity contribution in [3.05, 3.63) is 35.4 Å². The zero-order chi connectivity index (χ0) is 13.2. The SMILES string of the molecule is CCCNCCNC(=O)c1ccc(COC)cc1.Cl. The van der Waals surface area contributed by atoms with Gasteiger partial charge in [0.05, 0.1) is 6.61 Å². The molecule has 1 amide bonds. The Bertz CT molecular complexity index is 355. The van der Waals surface area contributed by atoms with Crippen LogP contribution in [-0.4, -0.2) is 32.7 Å². The number of rotatable bonds is 8. The maximum Gasteiger partial charge on any atom is 0.251 e. The van der Waals surface area contributed by atoms with Gasteiger partial charge in [0.2, 0.25) is 0 Å². The second-order valence-electron chi connectivity index (χ2n) is 4.14. The van der Waals surface area contributed by atoms with Crippen LogP contribution in [0.25, 0.3) is 0 Å². The van der Waals surface area contributed by atoms with Crippen LogP contribution in [0.5, 0.6) is 0 Å². The number of hydrogen-bond acceptors (Lipinski definition) is 3. The highest BCUT2D eigenvalue weighted by Crippen LogP contribution is 2.05. The lowest BCUT2D eigenvalue weighted by Gasteiger charge is -2.07. The smallest absolute Gasteiger partial charge is 0.251 e. The van der Waals surface area contributed by atoms with E-state index in [2.05, 4.69) is 17.6 Å². The summed E-state index contributed by atoms with van der Waals surface area (Å²) in [7, 11) is 1.66. The highest BCUT2D eigenvalue weighted by Gasteiger charge is 2.03. The molecule has 2 N–H and O–H groups in total. The topological polar surface area (TPSA) is 50.4 Å². The molecule has 0 bridgehead atoms. The van der Waals surface area contributed by atoms with E-state index in [0.29, 0.717) is 18.7 Å². The van der Waals surface area contributed by atoms with Gasteiger partial charge in [-0.15, -0.1) is 12.4 Å². The van der Waals surface area contributed by atoms with Gasteiger partial charge in [-0.3, -0.25) is 4.79 Å². The van der Waals surface area contributed by atoms with Crippen molar-refractivity contribution in [2.24, 2.45) is 0 Å². The molecule has 5 heteroatoms. The number of hydrogen-bond donors (Lipinski definition) is 2. The number of nitrogens with one attached hydrogen (secondary N) is 2. The van der Waals surface area contributed by atoms with Crippen molar-refractivity contribution < 1.29 is 9.53 Å². The molecule has 0 atom stereocenters. The van der Waals surface area contributed by atoms with Gasteiger partial charge < -0.3 is 15.4 Å². The lowest BCUT2D eigenvalue weighted by molar-refractivity contribution is 0.0954.